The summed E-state index contributed by atoms with van der Waals surface area (Å²) in [5, 5.41) is 3.33. The molecule has 0 spiro atoms. The smallest absolute Gasteiger partial charge is 0.00224 e. The molecular weight excluding hydrogens is 196 g/mol. The van der Waals surface area contributed by atoms with Crippen molar-refractivity contribution in [2.45, 2.75) is 32.1 Å². The van der Waals surface area contributed by atoms with Gasteiger partial charge in [-0.2, -0.15) is 0 Å². The molecule has 3 rings (SSSR count). The average molecular weight is 222 g/mol. The zero-order chi connectivity index (χ0) is 11.0. The maximum atomic E-state index is 3.33. The van der Waals surface area contributed by atoms with Gasteiger partial charge in [0.15, 0.2) is 0 Å². The lowest BCUT2D eigenvalue weighted by atomic mass is 9.97. The third-order valence-electron chi connectivity index (χ3n) is 4.79. The molecule has 2 nitrogen and oxygen atoms in total. The normalized spacial score (nSPS) is 31.5. The van der Waals surface area contributed by atoms with E-state index in [1.54, 1.807) is 0 Å². The molecule has 1 heterocycles. The van der Waals surface area contributed by atoms with Gasteiger partial charge in [-0.25, -0.2) is 0 Å². The van der Waals surface area contributed by atoms with Gasteiger partial charge in [-0.15, -0.1) is 0 Å². The molecule has 1 N–H and O–H groups in total. The lowest BCUT2D eigenvalue weighted by molar-refractivity contribution is 0.233. The van der Waals surface area contributed by atoms with Crippen molar-refractivity contribution in [3.05, 3.63) is 0 Å². The Labute approximate surface area is 99.8 Å². The van der Waals surface area contributed by atoms with E-state index in [0.717, 1.165) is 23.7 Å². The molecule has 1 saturated heterocycles. The predicted octanol–water partition coefficient (Wildman–Crippen LogP) is 1.96. The molecule has 1 unspecified atom stereocenters. The second kappa shape index (κ2) is 4.66. The minimum Gasteiger partial charge on any atom is -0.319 e. The van der Waals surface area contributed by atoms with E-state index in [2.05, 4.69) is 17.3 Å². The Bertz CT molecular complexity index is 221. The molecule has 1 aliphatic heterocycles. The lowest BCUT2D eigenvalue weighted by Crippen LogP contribution is -2.31. The minimum atomic E-state index is 0.920. The fourth-order valence-corrected chi connectivity index (χ4v) is 3.56. The van der Waals surface area contributed by atoms with E-state index in [4.69, 9.17) is 0 Å². The average Bonchev–Trinajstić information content (AvgIpc) is 3.17. The second-order valence-electron chi connectivity index (χ2n) is 6.31. The van der Waals surface area contributed by atoms with Crippen molar-refractivity contribution in [3.63, 3.8) is 0 Å². The first-order valence-electron chi connectivity index (χ1n) is 7.23. The van der Waals surface area contributed by atoms with Crippen LogP contribution in [0.25, 0.3) is 0 Å². The van der Waals surface area contributed by atoms with Crippen molar-refractivity contribution in [1.82, 2.24) is 10.2 Å². The molecule has 0 amide bonds. The van der Waals surface area contributed by atoms with E-state index in [-0.39, 0.29) is 0 Å². The monoisotopic (exact) mass is 222 g/mol. The standard InChI is InChI=1S/C14H26N2/c1-15-8-11-6-7-16(9-11)10-14(12-2-3-12)13-4-5-13/h11-15H,2-10H2,1H3. The van der Waals surface area contributed by atoms with Crippen LogP contribution in [0.5, 0.6) is 0 Å². The van der Waals surface area contributed by atoms with Crippen LogP contribution in [0.15, 0.2) is 0 Å². The summed E-state index contributed by atoms with van der Waals surface area (Å²) in [4.78, 5) is 2.75. The summed E-state index contributed by atoms with van der Waals surface area (Å²) in [5.74, 6) is 4.24. The molecule has 0 radical (unpaired) electrons. The first-order chi connectivity index (χ1) is 7.86. The highest BCUT2D eigenvalue weighted by molar-refractivity contribution is 4.93. The maximum absolute atomic E-state index is 3.33. The van der Waals surface area contributed by atoms with Gasteiger partial charge in [-0.05, 0) is 75.9 Å². The Balaban J connectivity index is 1.46. The van der Waals surface area contributed by atoms with Crippen LogP contribution in [0.2, 0.25) is 0 Å². The zero-order valence-corrected chi connectivity index (χ0v) is 10.6. The SMILES string of the molecule is CNCC1CCN(CC(C2CC2)C2CC2)C1. The largest absolute Gasteiger partial charge is 0.319 e. The van der Waals surface area contributed by atoms with Gasteiger partial charge in [0.1, 0.15) is 0 Å². The van der Waals surface area contributed by atoms with Gasteiger partial charge in [0.2, 0.25) is 0 Å². The number of hydrogen-bond donors (Lipinski definition) is 1. The first kappa shape index (κ1) is 11.0. The zero-order valence-electron chi connectivity index (χ0n) is 10.6. The van der Waals surface area contributed by atoms with Gasteiger partial charge in [0, 0.05) is 13.1 Å². The molecule has 2 aliphatic carbocycles. The summed E-state index contributed by atoms with van der Waals surface area (Å²) in [6.07, 6.45) is 7.57. The summed E-state index contributed by atoms with van der Waals surface area (Å²) in [7, 11) is 2.08. The van der Waals surface area contributed by atoms with Crippen molar-refractivity contribution >= 4 is 0 Å². The van der Waals surface area contributed by atoms with Gasteiger partial charge in [0.05, 0.1) is 0 Å². The van der Waals surface area contributed by atoms with Gasteiger partial charge >= 0.3 is 0 Å². The van der Waals surface area contributed by atoms with Crippen LogP contribution in [0.1, 0.15) is 32.1 Å². The van der Waals surface area contributed by atoms with Crippen LogP contribution in [-0.4, -0.2) is 38.1 Å². The van der Waals surface area contributed by atoms with Crippen molar-refractivity contribution < 1.29 is 0 Å². The van der Waals surface area contributed by atoms with E-state index >= 15 is 0 Å². The lowest BCUT2D eigenvalue weighted by Gasteiger charge is -2.23. The van der Waals surface area contributed by atoms with Crippen LogP contribution >= 0.6 is 0 Å². The molecule has 16 heavy (non-hydrogen) atoms. The van der Waals surface area contributed by atoms with Crippen molar-refractivity contribution in [3.8, 4) is 0 Å². The van der Waals surface area contributed by atoms with Crippen LogP contribution in [0.4, 0.5) is 0 Å². The number of nitrogens with one attached hydrogen (secondary N) is 1. The molecule has 92 valence electrons. The number of likely N-dealkylation sites (tertiary alicyclic amines) is 1. The molecule has 1 atom stereocenters. The molecule has 3 aliphatic rings. The minimum absolute atomic E-state index is 0.920. The van der Waals surface area contributed by atoms with E-state index in [0.29, 0.717) is 0 Å². The van der Waals surface area contributed by atoms with Crippen LogP contribution in [-0.2, 0) is 0 Å². The number of nitrogens with zero attached hydrogens (tertiary/aromatic N) is 1. The third-order valence-corrected chi connectivity index (χ3v) is 4.79. The Hall–Kier alpha value is -0.0800. The van der Waals surface area contributed by atoms with Gasteiger partial charge in [-0.3, -0.25) is 0 Å². The van der Waals surface area contributed by atoms with Crippen LogP contribution in [0, 0.1) is 23.7 Å². The fourth-order valence-electron chi connectivity index (χ4n) is 3.56. The van der Waals surface area contributed by atoms with Crippen molar-refractivity contribution in [2.24, 2.45) is 23.7 Å². The molecule has 2 heteroatoms. The van der Waals surface area contributed by atoms with Gasteiger partial charge in [-0.1, -0.05) is 0 Å². The fraction of sp³-hybridized carbons (Fsp3) is 1.00. The van der Waals surface area contributed by atoms with Crippen molar-refractivity contribution in [2.75, 3.05) is 33.2 Å². The second-order valence-corrected chi connectivity index (χ2v) is 6.31. The summed E-state index contributed by atoms with van der Waals surface area (Å²) >= 11 is 0. The number of rotatable bonds is 6. The highest BCUT2D eigenvalue weighted by Crippen LogP contribution is 2.49. The van der Waals surface area contributed by atoms with Crippen LogP contribution < -0.4 is 5.32 Å². The Morgan fingerprint density at radius 3 is 2.38 bits per heavy atom. The molecule has 2 saturated carbocycles. The third kappa shape index (κ3) is 2.60. The summed E-state index contributed by atoms with van der Waals surface area (Å²) in [6, 6.07) is 0. The summed E-state index contributed by atoms with van der Waals surface area (Å²) in [6.45, 7) is 5.36. The molecule has 0 aromatic carbocycles. The highest BCUT2D eigenvalue weighted by Gasteiger charge is 2.42. The molecule has 0 aromatic rings. The Morgan fingerprint density at radius 1 is 1.12 bits per heavy atom. The summed E-state index contributed by atoms with van der Waals surface area (Å²) in [5.41, 5.74) is 0. The quantitative estimate of drug-likeness (QED) is 0.739. The first-order valence-corrected chi connectivity index (χ1v) is 7.23. The van der Waals surface area contributed by atoms with E-state index in [1.807, 2.05) is 0 Å². The van der Waals surface area contributed by atoms with E-state index in [1.165, 1.54) is 58.3 Å². The molecule has 3 fully saturated rings. The highest BCUT2D eigenvalue weighted by atomic mass is 15.2. The molecular formula is C14H26N2. The Morgan fingerprint density at radius 2 is 1.81 bits per heavy atom. The Kier molecular flexibility index (Phi) is 3.21. The van der Waals surface area contributed by atoms with Crippen LogP contribution in [0.3, 0.4) is 0 Å². The molecule has 0 bridgehead atoms. The van der Waals surface area contributed by atoms with Gasteiger partial charge < -0.3 is 10.2 Å². The van der Waals surface area contributed by atoms with Gasteiger partial charge in [0.25, 0.3) is 0 Å². The van der Waals surface area contributed by atoms with Crippen molar-refractivity contribution in [1.29, 1.82) is 0 Å². The summed E-state index contributed by atoms with van der Waals surface area (Å²) < 4.78 is 0. The topological polar surface area (TPSA) is 15.3 Å². The van der Waals surface area contributed by atoms with E-state index in [9.17, 15) is 0 Å². The molecule has 0 aromatic heterocycles. The number of hydrogen-bond acceptors (Lipinski definition) is 2. The maximum Gasteiger partial charge on any atom is 0.00224 e. The predicted molar refractivity (Wildman–Crippen MR) is 67.4 cm³/mol. The van der Waals surface area contributed by atoms with E-state index < -0.39 is 0 Å².